The molecule has 0 atom stereocenters. The average molecular weight is 254 g/mol. The Bertz CT molecular complexity index is 282. The molecule has 12 heavy (non-hydrogen) atoms. The molecule has 0 spiro atoms. The third-order valence-corrected chi connectivity index (χ3v) is 1.63. The van der Waals surface area contributed by atoms with Gasteiger partial charge in [-0.1, -0.05) is 22.0 Å². The van der Waals surface area contributed by atoms with Crippen LogP contribution in [-0.2, 0) is 0 Å². The zero-order valence-corrected chi connectivity index (χ0v) is 8.36. The fraction of sp³-hybridized carbons (Fsp3) is 0.143. The molecule has 66 valence electrons. The van der Waals surface area contributed by atoms with E-state index in [2.05, 4.69) is 20.9 Å². The van der Waals surface area contributed by atoms with Gasteiger partial charge in [-0.05, 0) is 12.1 Å². The summed E-state index contributed by atoms with van der Waals surface area (Å²) < 4.78 is 12.4. The van der Waals surface area contributed by atoms with E-state index in [-0.39, 0.29) is 29.2 Å². The lowest BCUT2D eigenvalue weighted by Crippen LogP contribution is -2.03. The lowest BCUT2D eigenvalue weighted by Gasteiger charge is -1.93. The smallest absolute Gasteiger partial charge is 0.213 e. The Kier molecular flexibility index (Phi) is 5.01. The lowest BCUT2D eigenvalue weighted by molar-refractivity contribution is 0.101. The van der Waals surface area contributed by atoms with Gasteiger partial charge in [0.25, 0.3) is 0 Å². The monoisotopic (exact) mass is 253 g/mol. The highest BCUT2D eigenvalue weighted by Crippen LogP contribution is 2.00. The second-order valence-electron chi connectivity index (χ2n) is 1.90. The molecule has 0 aliphatic heterocycles. The van der Waals surface area contributed by atoms with E-state index in [0.717, 1.165) is 0 Å². The topological polar surface area (TPSA) is 30.0 Å². The zero-order chi connectivity index (χ0) is 8.27. The maximum Gasteiger partial charge on any atom is 0.213 e. The Hall–Kier alpha value is -0.480. The molecule has 0 bridgehead atoms. The van der Waals surface area contributed by atoms with E-state index >= 15 is 0 Å². The summed E-state index contributed by atoms with van der Waals surface area (Å²) in [6, 6.07) is 4.13. The number of hydrogen-bond acceptors (Lipinski definition) is 2. The summed E-state index contributed by atoms with van der Waals surface area (Å²) in [6.45, 7) is 0. The predicted octanol–water partition coefficient (Wildman–Crippen LogP) is 2.22. The first kappa shape index (κ1) is 11.5. The highest BCUT2D eigenvalue weighted by molar-refractivity contribution is 9.09. The molecule has 1 aromatic heterocycles. The molecule has 0 aromatic carbocycles. The van der Waals surface area contributed by atoms with Gasteiger partial charge in [0.2, 0.25) is 5.95 Å². The second-order valence-corrected chi connectivity index (χ2v) is 2.46. The number of rotatable bonds is 2. The standard InChI is InChI=1S/C7H5BrFNO.ClH/c8-4-6(11)5-2-1-3-7(9)10-5;/h1-3H,4H2;1H. The molecule has 0 saturated heterocycles. The number of Topliss-reactive ketones (excluding diaryl/α,β-unsaturated/α-hetero) is 1. The fourth-order valence-corrected chi connectivity index (χ4v) is 0.919. The van der Waals surface area contributed by atoms with Gasteiger partial charge < -0.3 is 0 Å². The van der Waals surface area contributed by atoms with Crippen LogP contribution in [0.4, 0.5) is 4.39 Å². The van der Waals surface area contributed by atoms with Crippen LogP contribution in [0, 0.1) is 5.95 Å². The van der Waals surface area contributed by atoms with Gasteiger partial charge in [-0.25, -0.2) is 4.98 Å². The summed E-state index contributed by atoms with van der Waals surface area (Å²) in [7, 11) is 0. The Labute approximate surface area is 83.7 Å². The minimum atomic E-state index is -0.628. The minimum absolute atomic E-state index is 0. The first-order valence-corrected chi connectivity index (χ1v) is 4.08. The SMILES string of the molecule is Cl.O=C(CBr)c1cccc(F)n1. The maximum absolute atomic E-state index is 12.4. The largest absolute Gasteiger partial charge is 0.291 e. The van der Waals surface area contributed by atoms with Crippen molar-refractivity contribution in [1.82, 2.24) is 4.98 Å². The van der Waals surface area contributed by atoms with Crippen molar-refractivity contribution in [2.45, 2.75) is 0 Å². The highest BCUT2D eigenvalue weighted by atomic mass is 79.9. The van der Waals surface area contributed by atoms with Crippen LogP contribution >= 0.6 is 28.3 Å². The van der Waals surface area contributed by atoms with Crippen molar-refractivity contribution in [3.63, 3.8) is 0 Å². The third-order valence-electron chi connectivity index (χ3n) is 1.12. The van der Waals surface area contributed by atoms with Gasteiger partial charge in [-0.15, -0.1) is 12.4 Å². The average Bonchev–Trinajstić information content (AvgIpc) is 2.03. The Morgan fingerprint density at radius 3 is 2.75 bits per heavy atom. The van der Waals surface area contributed by atoms with Gasteiger partial charge >= 0.3 is 0 Å². The zero-order valence-electron chi connectivity index (χ0n) is 5.96. The number of halogens is 3. The summed E-state index contributed by atoms with van der Waals surface area (Å²) in [5.74, 6) is -0.846. The summed E-state index contributed by atoms with van der Waals surface area (Å²) in [5.41, 5.74) is 0.155. The van der Waals surface area contributed by atoms with Crippen LogP contribution < -0.4 is 0 Å². The van der Waals surface area contributed by atoms with Gasteiger partial charge in [-0.3, -0.25) is 4.79 Å². The second kappa shape index (κ2) is 5.22. The van der Waals surface area contributed by atoms with Crippen LogP contribution in [0.5, 0.6) is 0 Å². The van der Waals surface area contributed by atoms with E-state index < -0.39 is 5.95 Å². The van der Waals surface area contributed by atoms with Crippen LogP contribution in [0.2, 0.25) is 0 Å². The molecule has 5 heteroatoms. The Morgan fingerprint density at radius 2 is 2.25 bits per heavy atom. The van der Waals surface area contributed by atoms with Crippen LogP contribution in [0.1, 0.15) is 10.5 Å². The molecule has 0 saturated carbocycles. The van der Waals surface area contributed by atoms with Crippen molar-refractivity contribution < 1.29 is 9.18 Å². The van der Waals surface area contributed by atoms with E-state index in [1.165, 1.54) is 18.2 Å². The Balaban J connectivity index is 0.00000121. The number of alkyl halides is 1. The summed E-state index contributed by atoms with van der Waals surface area (Å²) in [5, 5.41) is 0.170. The number of nitrogens with zero attached hydrogens (tertiary/aromatic N) is 1. The van der Waals surface area contributed by atoms with Gasteiger partial charge in [-0.2, -0.15) is 4.39 Å². The van der Waals surface area contributed by atoms with E-state index in [1.54, 1.807) is 0 Å². The van der Waals surface area contributed by atoms with E-state index in [1.807, 2.05) is 0 Å². The van der Waals surface area contributed by atoms with E-state index in [4.69, 9.17) is 0 Å². The number of carbonyl (C=O) groups excluding carboxylic acids is 1. The first-order valence-electron chi connectivity index (χ1n) is 2.96. The molecule has 0 aliphatic carbocycles. The summed E-state index contributed by atoms with van der Waals surface area (Å²) in [6.07, 6.45) is 0. The van der Waals surface area contributed by atoms with E-state index in [0.29, 0.717) is 0 Å². The molecule has 1 aromatic rings. The number of pyridine rings is 1. The molecule has 0 radical (unpaired) electrons. The van der Waals surface area contributed by atoms with Crippen LogP contribution in [0.15, 0.2) is 18.2 Å². The van der Waals surface area contributed by atoms with Crippen molar-refractivity contribution in [1.29, 1.82) is 0 Å². The van der Waals surface area contributed by atoms with Gasteiger partial charge in [0.15, 0.2) is 5.78 Å². The number of aromatic nitrogens is 1. The first-order chi connectivity index (χ1) is 5.24. The molecular formula is C7H6BrClFNO. The normalized spacial score (nSPS) is 8.83. The molecule has 0 N–H and O–H groups in total. The third kappa shape index (κ3) is 2.87. The molecule has 1 heterocycles. The van der Waals surface area contributed by atoms with Gasteiger partial charge in [0, 0.05) is 0 Å². The lowest BCUT2D eigenvalue weighted by atomic mass is 10.3. The number of hydrogen-bond donors (Lipinski definition) is 0. The Morgan fingerprint density at radius 1 is 1.58 bits per heavy atom. The van der Waals surface area contributed by atoms with Crippen LogP contribution in [0.3, 0.4) is 0 Å². The fourth-order valence-electron chi connectivity index (χ4n) is 0.632. The summed E-state index contributed by atoms with van der Waals surface area (Å²) in [4.78, 5) is 14.3. The van der Waals surface area contributed by atoms with Crippen LogP contribution in [0.25, 0.3) is 0 Å². The van der Waals surface area contributed by atoms with Crippen LogP contribution in [-0.4, -0.2) is 16.1 Å². The van der Waals surface area contributed by atoms with Crippen molar-refractivity contribution in [2.75, 3.05) is 5.33 Å². The maximum atomic E-state index is 12.4. The molecule has 0 amide bonds. The molecular weight excluding hydrogens is 248 g/mol. The number of ketones is 1. The minimum Gasteiger partial charge on any atom is -0.291 e. The summed E-state index contributed by atoms with van der Waals surface area (Å²) >= 11 is 2.96. The molecule has 0 unspecified atom stereocenters. The van der Waals surface area contributed by atoms with E-state index in [9.17, 15) is 9.18 Å². The number of carbonyl (C=O) groups is 1. The van der Waals surface area contributed by atoms with Crippen molar-refractivity contribution in [2.24, 2.45) is 0 Å². The van der Waals surface area contributed by atoms with Crippen molar-refractivity contribution in [3.8, 4) is 0 Å². The van der Waals surface area contributed by atoms with Crippen molar-refractivity contribution >= 4 is 34.1 Å². The van der Waals surface area contributed by atoms with Crippen molar-refractivity contribution in [3.05, 3.63) is 29.8 Å². The predicted molar refractivity (Wildman–Crippen MR) is 49.6 cm³/mol. The van der Waals surface area contributed by atoms with Gasteiger partial charge in [0.1, 0.15) is 5.69 Å². The van der Waals surface area contributed by atoms with Gasteiger partial charge in [0.05, 0.1) is 5.33 Å². The quantitative estimate of drug-likeness (QED) is 0.460. The molecule has 0 fully saturated rings. The molecule has 2 nitrogen and oxygen atoms in total. The molecule has 1 rings (SSSR count). The highest BCUT2D eigenvalue weighted by Gasteiger charge is 2.04. The molecule has 0 aliphatic rings.